The summed E-state index contributed by atoms with van der Waals surface area (Å²) in [5, 5.41) is 8.75. The lowest BCUT2D eigenvalue weighted by Gasteiger charge is -2.09. The van der Waals surface area contributed by atoms with Crippen molar-refractivity contribution in [3.05, 3.63) is 23.8 Å². The second kappa shape index (κ2) is 7.31. The molecule has 1 heterocycles. The zero-order chi connectivity index (χ0) is 14.4. The highest BCUT2D eigenvalue weighted by Crippen LogP contribution is 2.31. The van der Waals surface area contributed by atoms with Gasteiger partial charge in [-0.1, -0.05) is 0 Å². The van der Waals surface area contributed by atoms with E-state index in [1.807, 2.05) is 13.1 Å². The SMILES string of the molecule is CNCCCNC(=O)c1ccc2c(c1)NC(=O)CCS2. The average molecular weight is 293 g/mol. The Morgan fingerprint density at radius 3 is 3.05 bits per heavy atom. The van der Waals surface area contributed by atoms with E-state index in [-0.39, 0.29) is 11.8 Å². The molecule has 0 saturated heterocycles. The highest BCUT2D eigenvalue weighted by Gasteiger charge is 2.15. The summed E-state index contributed by atoms with van der Waals surface area (Å²) in [4.78, 5) is 24.6. The summed E-state index contributed by atoms with van der Waals surface area (Å²) >= 11 is 1.63. The van der Waals surface area contributed by atoms with Crippen LogP contribution in [0.4, 0.5) is 5.69 Å². The predicted molar refractivity (Wildman–Crippen MR) is 81.3 cm³/mol. The third kappa shape index (κ3) is 3.98. The minimum absolute atomic E-state index is 0.00262. The average Bonchev–Trinajstić information content (AvgIpc) is 2.63. The van der Waals surface area contributed by atoms with Crippen molar-refractivity contribution in [3.8, 4) is 0 Å². The number of benzene rings is 1. The van der Waals surface area contributed by atoms with Crippen LogP contribution in [0.25, 0.3) is 0 Å². The Kier molecular flexibility index (Phi) is 5.43. The molecule has 1 aliphatic rings. The van der Waals surface area contributed by atoms with E-state index in [0.29, 0.717) is 18.5 Å². The Morgan fingerprint density at radius 2 is 2.25 bits per heavy atom. The van der Waals surface area contributed by atoms with Gasteiger partial charge in [0, 0.05) is 29.2 Å². The Morgan fingerprint density at radius 1 is 1.40 bits per heavy atom. The van der Waals surface area contributed by atoms with Gasteiger partial charge in [-0.05, 0) is 38.2 Å². The number of thioether (sulfide) groups is 1. The standard InChI is InChI=1S/C14H19N3O2S/c1-15-6-2-7-16-14(19)10-3-4-12-11(9-10)17-13(18)5-8-20-12/h3-4,9,15H,2,5-8H2,1H3,(H,16,19)(H,17,18). The van der Waals surface area contributed by atoms with Crippen LogP contribution in [0.5, 0.6) is 0 Å². The van der Waals surface area contributed by atoms with Crippen LogP contribution in [-0.2, 0) is 4.79 Å². The van der Waals surface area contributed by atoms with Gasteiger partial charge in [0.1, 0.15) is 0 Å². The van der Waals surface area contributed by atoms with E-state index in [2.05, 4.69) is 16.0 Å². The summed E-state index contributed by atoms with van der Waals surface area (Å²) in [5.74, 6) is 0.671. The van der Waals surface area contributed by atoms with Crippen molar-refractivity contribution in [1.29, 1.82) is 0 Å². The van der Waals surface area contributed by atoms with E-state index in [4.69, 9.17) is 0 Å². The van der Waals surface area contributed by atoms with Crippen molar-refractivity contribution in [2.75, 3.05) is 31.2 Å². The highest BCUT2D eigenvalue weighted by molar-refractivity contribution is 7.99. The summed E-state index contributed by atoms with van der Waals surface area (Å²) < 4.78 is 0. The number of amides is 2. The number of fused-ring (bicyclic) bond motifs is 1. The molecule has 0 bridgehead atoms. The van der Waals surface area contributed by atoms with Gasteiger partial charge in [-0.25, -0.2) is 0 Å². The quantitative estimate of drug-likeness (QED) is 0.719. The van der Waals surface area contributed by atoms with Crippen molar-refractivity contribution in [2.45, 2.75) is 17.7 Å². The molecule has 0 atom stereocenters. The summed E-state index contributed by atoms with van der Waals surface area (Å²) in [6.07, 6.45) is 1.39. The zero-order valence-electron chi connectivity index (χ0n) is 11.5. The Balaban J connectivity index is 2.02. The first kappa shape index (κ1) is 14.9. The fourth-order valence-corrected chi connectivity index (χ4v) is 2.87. The van der Waals surface area contributed by atoms with Crippen LogP contribution in [-0.4, -0.2) is 37.7 Å². The van der Waals surface area contributed by atoms with Crippen LogP contribution >= 0.6 is 11.8 Å². The molecule has 1 aliphatic heterocycles. The molecule has 0 spiro atoms. The summed E-state index contributed by atoms with van der Waals surface area (Å²) in [6.45, 7) is 1.51. The monoisotopic (exact) mass is 293 g/mol. The lowest BCUT2D eigenvalue weighted by Crippen LogP contribution is -2.26. The maximum atomic E-state index is 12.0. The van der Waals surface area contributed by atoms with E-state index in [1.165, 1.54) is 0 Å². The number of hydrogen-bond acceptors (Lipinski definition) is 4. The third-order valence-corrected chi connectivity index (χ3v) is 4.07. The van der Waals surface area contributed by atoms with Gasteiger partial charge >= 0.3 is 0 Å². The second-order valence-corrected chi connectivity index (χ2v) is 5.71. The molecule has 0 fully saturated rings. The highest BCUT2D eigenvalue weighted by atomic mass is 32.2. The van der Waals surface area contributed by atoms with Crippen molar-refractivity contribution in [3.63, 3.8) is 0 Å². The first-order chi connectivity index (χ1) is 9.70. The molecule has 0 aliphatic carbocycles. The number of rotatable bonds is 5. The minimum Gasteiger partial charge on any atom is -0.352 e. The van der Waals surface area contributed by atoms with Crippen molar-refractivity contribution in [1.82, 2.24) is 10.6 Å². The molecule has 0 aromatic heterocycles. The third-order valence-electron chi connectivity index (χ3n) is 2.99. The molecule has 0 saturated carbocycles. The maximum absolute atomic E-state index is 12.0. The van der Waals surface area contributed by atoms with Crippen LogP contribution in [0.1, 0.15) is 23.2 Å². The molecular weight excluding hydrogens is 274 g/mol. The molecular formula is C14H19N3O2S. The van der Waals surface area contributed by atoms with Crippen LogP contribution in [0, 0.1) is 0 Å². The molecule has 0 radical (unpaired) electrons. The van der Waals surface area contributed by atoms with E-state index in [1.54, 1.807) is 23.9 Å². The Labute approximate surface area is 122 Å². The van der Waals surface area contributed by atoms with Gasteiger partial charge in [0.2, 0.25) is 5.91 Å². The first-order valence-corrected chi connectivity index (χ1v) is 7.69. The number of carbonyl (C=O) groups excluding carboxylic acids is 2. The van der Waals surface area contributed by atoms with E-state index >= 15 is 0 Å². The molecule has 108 valence electrons. The topological polar surface area (TPSA) is 70.2 Å². The normalized spacial score (nSPS) is 14.2. The van der Waals surface area contributed by atoms with Crippen molar-refractivity contribution in [2.24, 2.45) is 0 Å². The Bertz CT molecular complexity index is 505. The van der Waals surface area contributed by atoms with Crippen LogP contribution < -0.4 is 16.0 Å². The number of carbonyl (C=O) groups is 2. The summed E-state index contributed by atoms with van der Waals surface area (Å²) in [7, 11) is 1.88. The van der Waals surface area contributed by atoms with Crippen molar-refractivity contribution >= 4 is 29.3 Å². The molecule has 0 unspecified atom stereocenters. The van der Waals surface area contributed by atoms with Crippen LogP contribution in [0.2, 0.25) is 0 Å². The number of nitrogens with one attached hydrogen (secondary N) is 3. The molecule has 5 nitrogen and oxygen atoms in total. The maximum Gasteiger partial charge on any atom is 0.251 e. The molecule has 1 aromatic rings. The van der Waals surface area contributed by atoms with E-state index in [9.17, 15) is 9.59 Å². The number of hydrogen-bond donors (Lipinski definition) is 3. The first-order valence-electron chi connectivity index (χ1n) is 6.70. The molecule has 1 aromatic carbocycles. The fourth-order valence-electron chi connectivity index (χ4n) is 1.93. The molecule has 6 heteroatoms. The predicted octanol–water partition coefficient (Wildman–Crippen LogP) is 1.46. The molecule has 3 N–H and O–H groups in total. The van der Waals surface area contributed by atoms with Gasteiger partial charge in [0.15, 0.2) is 0 Å². The van der Waals surface area contributed by atoms with Gasteiger partial charge in [-0.3, -0.25) is 9.59 Å². The lowest BCUT2D eigenvalue weighted by molar-refractivity contribution is -0.115. The van der Waals surface area contributed by atoms with Gasteiger partial charge in [-0.15, -0.1) is 11.8 Å². The minimum atomic E-state index is -0.104. The van der Waals surface area contributed by atoms with Crippen LogP contribution in [0.3, 0.4) is 0 Å². The Hall–Kier alpha value is -1.53. The molecule has 2 rings (SSSR count). The van der Waals surface area contributed by atoms with Gasteiger partial charge in [-0.2, -0.15) is 0 Å². The zero-order valence-corrected chi connectivity index (χ0v) is 12.3. The molecule has 2 amide bonds. The largest absolute Gasteiger partial charge is 0.352 e. The fraction of sp³-hybridized carbons (Fsp3) is 0.429. The van der Waals surface area contributed by atoms with E-state index < -0.39 is 0 Å². The smallest absolute Gasteiger partial charge is 0.251 e. The van der Waals surface area contributed by atoms with Gasteiger partial charge in [0.25, 0.3) is 5.91 Å². The van der Waals surface area contributed by atoms with Gasteiger partial charge < -0.3 is 16.0 Å². The second-order valence-electron chi connectivity index (χ2n) is 4.57. The summed E-state index contributed by atoms with van der Waals surface area (Å²) in [5.41, 5.74) is 1.32. The number of anilines is 1. The summed E-state index contributed by atoms with van der Waals surface area (Å²) in [6, 6.07) is 5.45. The molecule has 20 heavy (non-hydrogen) atoms. The lowest BCUT2D eigenvalue weighted by atomic mass is 10.2. The van der Waals surface area contributed by atoms with Crippen LogP contribution in [0.15, 0.2) is 23.1 Å². The van der Waals surface area contributed by atoms with Gasteiger partial charge in [0.05, 0.1) is 5.69 Å². The van der Waals surface area contributed by atoms with Crippen molar-refractivity contribution < 1.29 is 9.59 Å². The van der Waals surface area contributed by atoms with E-state index in [0.717, 1.165) is 29.3 Å².